The van der Waals surface area contributed by atoms with Gasteiger partial charge in [0.05, 0.1) is 23.2 Å². The van der Waals surface area contributed by atoms with Crippen molar-refractivity contribution >= 4 is 50.6 Å². The van der Waals surface area contributed by atoms with Crippen molar-refractivity contribution in [2.75, 3.05) is 10.5 Å². The Bertz CT molecular complexity index is 1810. The highest BCUT2D eigenvalue weighted by Gasteiger charge is 2.28. The van der Waals surface area contributed by atoms with Gasteiger partial charge in [0.15, 0.2) is 11.5 Å². The molecule has 1 unspecified atom stereocenters. The van der Waals surface area contributed by atoms with Gasteiger partial charge in [-0.05, 0) is 44.2 Å². The van der Waals surface area contributed by atoms with Crippen molar-refractivity contribution in [3.63, 3.8) is 0 Å². The minimum atomic E-state index is -3.79. The van der Waals surface area contributed by atoms with E-state index in [2.05, 4.69) is 25.1 Å². The molecular weight excluding hydrogens is 571 g/mol. The van der Waals surface area contributed by atoms with Gasteiger partial charge in [-0.25, -0.2) is 17.9 Å². The SMILES string of the molecule is CCS(=O)(=O)Nc1nn2c(-c3ccc(Cl)cc3)c(-c3ccccc3Cl)cnc2c1C(=O)NC(C)c1ccccn1. The molecule has 3 heterocycles. The average molecular weight is 596 g/mol. The van der Waals surface area contributed by atoms with E-state index in [9.17, 15) is 13.2 Å². The minimum absolute atomic E-state index is 0.0271. The number of pyridine rings is 1. The second kappa shape index (κ2) is 11.2. The smallest absolute Gasteiger partial charge is 0.259 e. The fourth-order valence-electron chi connectivity index (χ4n) is 4.22. The predicted molar refractivity (Wildman–Crippen MR) is 157 cm³/mol. The molecule has 40 heavy (non-hydrogen) atoms. The summed E-state index contributed by atoms with van der Waals surface area (Å²) in [7, 11) is -3.79. The number of fused-ring (bicyclic) bond motifs is 1. The first-order valence-corrected chi connectivity index (χ1v) is 14.7. The van der Waals surface area contributed by atoms with Crippen LogP contribution < -0.4 is 10.0 Å². The summed E-state index contributed by atoms with van der Waals surface area (Å²) < 4.78 is 29.2. The number of carbonyl (C=O) groups is 1. The lowest BCUT2D eigenvalue weighted by atomic mass is 10.0. The zero-order valence-electron chi connectivity index (χ0n) is 21.5. The molecule has 0 radical (unpaired) electrons. The fraction of sp³-hybridized carbons (Fsp3) is 0.143. The molecule has 0 fully saturated rings. The topological polar surface area (TPSA) is 118 Å². The van der Waals surface area contributed by atoms with Crippen molar-refractivity contribution in [3.05, 3.63) is 100 Å². The van der Waals surface area contributed by atoms with Crippen molar-refractivity contribution in [1.82, 2.24) is 24.9 Å². The van der Waals surface area contributed by atoms with Gasteiger partial charge in [-0.15, -0.1) is 5.10 Å². The molecule has 12 heteroatoms. The lowest BCUT2D eigenvalue weighted by Crippen LogP contribution is -2.28. The molecule has 0 aliphatic heterocycles. The minimum Gasteiger partial charge on any atom is -0.344 e. The van der Waals surface area contributed by atoms with E-state index in [0.717, 1.165) is 0 Å². The largest absolute Gasteiger partial charge is 0.344 e. The second-order valence-corrected chi connectivity index (χ2v) is 11.8. The molecular formula is C28H24Cl2N6O3S. The molecule has 0 bridgehead atoms. The molecule has 2 aromatic carbocycles. The van der Waals surface area contributed by atoms with Gasteiger partial charge in [-0.2, -0.15) is 0 Å². The number of hydrogen-bond acceptors (Lipinski definition) is 6. The highest BCUT2D eigenvalue weighted by Crippen LogP contribution is 2.37. The third-order valence-corrected chi connectivity index (χ3v) is 8.11. The summed E-state index contributed by atoms with van der Waals surface area (Å²) in [4.78, 5) is 22.6. The molecule has 204 valence electrons. The quantitative estimate of drug-likeness (QED) is 0.227. The van der Waals surface area contributed by atoms with E-state index in [1.165, 1.54) is 11.4 Å². The lowest BCUT2D eigenvalue weighted by molar-refractivity contribution is 0.0941. The number of benzene rings is 2. The number of hydrogen-bond donors (Lipinski definition) is 2. The Morgan fingerprint density at radius 1 is 0.975 bits per heavy atom. The molecule has 3 aromatic heterocycles. The van der Waals surface area contributed by atoms with Gasteiger partial charge in [-0.1, -0.05) is 59.6 Å². The Morgan fingerprint density at radius 2 is 1.70 bits per heavy atom. The standard InChI is InChI=1S/C28H24Cl2N6O3S/c1-3-40(38,39)35-26-24(28(37)33-17(2)23-10-6-7-15-31-23)27-32-16-21(20-8-4-5-9-22(20)30)25(36(27)34-26)18-11-13-19(29)14-12-18/h4-17H,3H2,1-2H3,(H,33,37)(H,34,35). The summed E-state index contributed by atoms with van der Waals surface area (Å²) in [6, 6.07) is 19.2. The highest BCUT2D eigenvalue weighted by molar-refractivity contribution is 7.92. The van der Waals surface area contributed by atoms with E-state index >= 15 is 0 Å². The van der Waals surface area contributed by atoms with Crippen LogP contribution in [0, 0.1) is 0 Å². The van der Waals surface area contributed by atoms with Crippen LogP contribution in [0.5, 0.6) is 0 Å². The van der Waals surface area contributed by atoms with Crippen LogP contribution >= 0.6 is 23.2 Å². The van der Waals surface area contributed by atoms with Crippen molar-refractivity contribution in [2.45, 2.75) is 19.9 Å². The number of aromatic nitrogens is 4. The number of anilines is 1. The van der Waals surface area contributed by atoms with Crippen LogP contribution in [0.1, 0.15) is 35.9 Å². The zero-order valence-corrected chi connectivity index (χ0v) is 23.8. The van der Waals surface area contributed by atoms with E-state index in [1.807, 2.05) is 24.3 Å². The molecule has 5 rings (SSSR count). The molecule has 0 aliphatic rings. The Balaban J connectivity index is 1.76. The van der Waals surface area contributed by atoms with Crippen molar-refractivity contribution in [2.24, 2.45) is 0 Å². The van der Waals surface area contributed by atoms with Crippen LogP contribution in [0.4, 0.5) is 5.82 Å². The zero-order chi connectivity index (χ0) is 28.4. The Kier molecular flexibility index (Phi) is 7.75. The van der Waals surface area contributed by atoms with Crippen LogP contribution in [0.3, 0.4) is 0 Å². The molecule has 0 aliphatic carbocycles. The van der Waals surface area contributed by atoms with Crippen LogP contribution in [-0.4, -0.2) is 39.7 Å². The maximum Gasteiger partial charge on any atom is 0.259 e. The van der Waals surface area contributed by atoms with Gasteiger partial charge < -0.3 is 5.32 Å². The number of sulfonamides is 1. The number of amides is 1. The van der Waals surface area contributed by atoms with Gasteiger partial charge in [-0.3, -0.25) is 14.5 Å². The average Bonchev–Trinajstić information content (AvgIpc) is 3.31. The van der Waals surface area contributed by atoms with Crippen LogP contribution in [0.2, 0.25) is 10.0 Å². The first-order chi connectivity index (χ1) is 19.2. The monoisotopic (exact) mass is 594 g/mol. The summed E-state index contributed by atoms with van der Waals surface area (Å²) >= 11 is 12.7. The number of nitrogens with one attached hydrogen (secondary N) is 2. The second-order valence-electron chi connectivity index (χ2n) is 8.92. The van der Waals surface area contributed by atoms with E-state index < -0.39 is 22.0 Å². The predicted octanol–water partition coefficient (Wildman–Crippen LogP) is 6.02. The number of rotatable bonds is 8. The maximum atomic E-state index is 13.7. The third kappa shape index (κ3) is 5.51. The van der Waals surface area contributed by atoms with Crippen LogP contribution in [0.25, 0.3) is 28.0 Å². The summed E-state index contributed by atoms with van der Waals surface area (Å²) in [6.45, 7) is 3.28. The van der Waals surface area contributed by atoms with E-state index in [1.54, 1.807) is 61.8 Å². The normalized spacial score (nSPS) is 12.3. The van der Waals surface area contributed by atoms with Crippen LogP contribution in [-0.2, 0) is 10.0 Å². The molecule has 1 amide bonds. The summed E-state index contributed by atoms with van der Waals surface area (Å²) in [5, 5.41) is 8.48. The molecule has 5 aromatic rings. The molecule has 0 saturated heterocycles. The third-order valence-electron chi connectivity index (χ3n) is 6.26. The van der Waals surface area contributed by atoms with Gasteiger partial charge in [0.1, 0.15) is 5.56 Å². The van der Waals surface area contributed by atoms with Crippen molar-refractivity contribution in [3.8, 4) is 22.4 Å². The van der Waals surface area contributed by atoms with Crippen molar-refractivity contribution < 1.29 is 13.2 Å². The Hall–Kier alpha value is -3.99. The molecule has 2 N–H and O–H groups in total. The van der Waals surface area contributed by atoms with E-state index in [4.69, 9.17) is 23.2 Å². The van der Waals surface area contributed by atoms with Gasteiger partial charge in [0.25, 0.3) is 5.91 Å². The summed E-state index contributed by atoms with van der Waals surface area (Å²) in [5.41, 5.74) is 3.32. The van der Waals surface area contributed by atoms with E-state index in [-0.39, 0.29) is 22.8 Å². The number of carbonyl (C=O) groups excluding carboxylic acids is 1. The highest BCUT2D eigenvalue weighted by atomic mass is 35.5. The number of halogens is 2. The van der Waals surface area contributed by atoms with Gasteiger partial charge >= 0.3 is 0 Å². The molecule has 1 atom stereocenters. The van der Waals surface area contributed by atoms with Crippen LogP contribution in [0.15, 0.2) is 79.1 Å². The number of nitrogens with zero attached hydrogens (tertiary/aromatic N) is 4. The van der Waals surface area contributed by atoms with Gasteiger partial charge in [0.2, 0.25) is 10.0 Å². The summed E-state index contributed by atoms with van der Waals surface area (Å²) in [6.07, 6.45) is 3.23. The molecule has 0 saturated carbocycles. The molecule has 9 nitrogen and oxygen atoms in total. The van der Waals surface area contributed by atoms with E-state index in [0.29, 0.717) is 38.1 Å². The first kappa shape index (κ1) is 27.6. The van der Waals surface area contributed by atoms with Crippen molar-refractivity contribution in [1.29, 1.82) is 0 Å². The fourth-order valence-corrected chi connectivity index (χ4v) is 5.17. The Labute approximate surface area is 241 Å². The lowest BCUT2D eigenvalue weighted by Gasteiger charge is -2.14. The first-order valence-electron chi connectivity index (χ1n) is 12.3. The Morgan fingerprint density at radius 3 is 2.38 bits per heavy atom. The maximum absolute atomic E-state index is 13.7. The van der Waals surface area contributed by atoms with Gasteiger partial charge in [0, 0.05) is 39.1 Å². The summed E-state index contributed by atoms with van der Waals surface area (Å²) in [5.74, 6) is -0.928. The molecule has 0 spiro atoms.